The number of rotatable bonds is 66. The van der Waals surface area contributed by atoms with Gasteiger partial charge in [0.1, 0.15) is 6.61 Å². The smallest absolute Gasteiger partial charge is 0.306 e. The molecule has 0 radical (unpaired) electrons. The van der Waals surface area contributed by atoms with Crippen LogP contribution in [0.4, 0.5) is 0 Å². The summed E-state index contributed by atoms with van der Waals surface area (Å²) in [5, 5.41) is 9.72. The standard InChI is InChI=1S/C81H136O5/c1-3-5-7-9-11-13-15-17-19-21-23-25-27-29-31-33-35-37-39-40-42-44-46-48-50-52-54-56-58-60-62-64-66-68-70-72-74-76-81(84)86-79(77-82)78-85-80(83)75-73-71-69-67-65-63-61-59-57-55-53-51-49-47-45-43-41-38-36-34-32-30-28-26-24-22-20-18-16-14-12-10-8-6-4-2/h5-8,11-14,17-20,23-26,29-32,35,37,40,42,79,82H,3-4,9-10,15-16,21-22,27-28,33-34,36,38-39,41,43-78H2,1-2H3/b7-5-,8-6-,13-11-,14-12-,19-17-,20-18-,25-23-,26-24-,31-29-,32-30-,37-35-,42-40-. The van der Waals surface area contributed by atoms with Gasteiger partial charge in [0.2, 0.25) is 0 Å². The highest BCUT2D eigenvalue weighted by molar-refractivity contribution is 5.70. The Labute approximate surface area is 533 Å². The molecule has 0 fully saturated rings. The van der Waals surface area contributed by atoms with E-state index in [-0.39, 0.29) is 25.2 Å². The van der Waals surface area contributed by atoms with Crippen LogP contribution in [0.2, 0.25) is 0 Å². The van der Waals surface area contributed by atoms with E-state index in [9.17, 15) is 14.7 Å². The van der Waals surface area contributed by atoms with Crippen molar-refractivity contribution in [1.29, 1.82) is 0 Å². The van der Waals surface area contributed by atoms with E-state index in [1.165, 1.54) is 193 Å². The third-order valence-electron chi connectivity index (χ3n) is 15.6. The zero-order chi connectivity index (χ0) is 61.9. The van der Waals surface area contributed by atoms with Gasteiger partial charge in [0.05, 0.1) is 6.61 Å². The first-order valence-corrected chi connectivity index (χ1v) is 36.4. The molecule has 490 valence electrons. The lowest BCUT2D eigenvalue weighted by Gasteiger charge is -2.15. The van der Waals surface area contributed by atoms with Gasteiger partial charge in [0.15, 0.2) is 6.10 Å². The summed E-state index contributed by atoms with van der Waals surface area (Å²) in [7, 11) is 0. The molecule has 1 unspecified atom stereocenters. The average molecular weight is 1190 g/mol. The molecule has 0 bridgehead atoms. The molecule has 0 aromatic heterocycles. The lowest BCUT2D eigenvalue weighted by molar-refractivity contribution is -0.161. The van der Waals surface area contributed by atoms with Gasteiger partial charge in [-0.1, -0.05) is 352 Å². The van der Waals surface area contributed by atoms with Crippen molar-refractivity contribution in [2.45, 2.75) is 341 Å². The lowest BCUT2D eigenvalue weighted by atomic mass is 10.0. The molecule has 0 aliphatic rings. The third kappa shape index (κ3) is 72.3. The minimum atomic E-state index is -0.780. The van der Waals surface area contributed by atoms with E-state index >= 15 is 0 Å². The number of unbranched alkanes of at least 4 members (excludes halogenated alkanes) is 34. The summed E-state index contributed by atoms with van der Waals surface area (Å²) in [6, 6.07) is 0. The van der Waals surface area contributed by atoms with Crippen LogP contribution in [0.15, 0.2) is 146 Å². The first-order chi connectivity index (χ1) is 42.6. The second-order valence-electron chi connectivity index (χ2n) is 23.9. The van der Waals surface area contributed by atoms with Crippen LogP contribution in [-0.4, -0.2) is 36.4 Å². The van der Waals surface area contributed by atoms with E-state index in [1.807, 2.05) is 0 Å². The van der Waals surface area contributed by atoms with Gasteiger partial charge in [-0.3, -0.25) is 9.59 Å². The number of aliphatic hydroxyl groups excluding tert-OH is 1. The van der Waals surface area contributed by atoms with Gasteiger partial charge in [-0.25, -0.2) is 0 Å². The Morgan fingerprint density at radius 3 is 0.698 bits per heavy atom. The average Bonchev–Trinajstić information content (AvgIpc) is 3.53. The summed E-state index contributed by atoms with van der Waals surface area (Å²) in [6.45, 7) is 3.94. The molecule has 0 aromatic carbocycles. The maximum atomic E-state index is 12.4. The molecule has 0 amide bonds. The molecule has 0 aliphatic carbocycles. The van der Waals surface area contributed by atoms with Gasteiger partial charge < -0.3 is 14.6 Å². The molecule has 5 heteroatoms. The molecule has 0 rings (SSSR count). The quantitative estimate of drug-likeness (QED) is 0.0373. The predicted octanol–water partition coefficient (Wildman–Crippen LogP) is 25.7. The number of carbonyl (C=O) groups excluding carboxylic acids is 2. The van der Waals surface area contributed by atoms with Crippen LogP contribution >= 0.6 is 0 Å². The molecular weight excluding hydrogens is 1050 g/mol. The largest absolute Gasteiger partial charge is 0.462 e. The second-order valence-corrected chi connectivity index (χ2v) is 23.9. The molecule has 0 aromatic rings. The Morgan fingerprint density at radius 1 is 0.267 bits per heavy atom. The monoisotopic (exact) mass is 1190 g/mol. The number of allylic oxidation sites excluding steroid dienone is 24. The van der Waals surface area contributed by atoms with E-state index in [1.54, 1.807) is 0 Å². The number of aliphatic hydroxyl groups is 1. The van der Waals surface area contributed by atoms with Crippen molar-refractivity contribution in [2.75, 3.05) is 13.2 Å². The van der Waals surface area contributed by atoms with Crippen LogP contribution in [0.5, 0.6) is 0 Å². The molecule has 0 aliphatic heterocycles. The van der Waals surface area contributed by atoms with Gasteiger partial charge in [0, 0.05) is 12.8 Å². The van der Waals surface area contributed by atoms with E-state index in [0.717, 1.165) is 116 Å². The predicted molar refractivity (Wildman–Crippen MR) is 380 cm³/mol. The summed E-state index contributed by atoms with van der Waals surface area (Å²) in [4.78, 5) is 24.7. The number of ether oxygens (including phenoxy) is 2. The van der Waals surface area contributed by atoms with Crippen LogP contribution in [0, 0.1) is 0 Å². The minimum Gasteiger partial charge on any atom is -0.462 e. The van der Waals surface area contributed by atoms with Crippen molar-refractivity contribution in [2.24, 2.45) is 0 Å². The highest BCUT2D eigenvalue weighted by Gasteiger charge is 2.16. The van der Waals surface area contributed by atoms with Crippen molar-refractivity contribution in [3.05, 3.63) is 146 Å². The second kappa shape index (κ2) is 75.0. The van der Waals surface area contributed by atoms with Gasteiger partial charge in [0.25, 0.3) is 0 Å². The van der Waals surface area contributed by atoms with Crippen molar-refractivity contribution >= 4 is 11.9 Å². The Bertz CT molecular complexity index is 1780. The van der Waals surface area contributed by atoms with Crippen LogP contribution in [0.3, 0.4) is 0 Å². The van der Waals surface area contributed by atoms with Crippen LogP contribution in [0.1, 0.15) is 335 Å². The van der Waals surface area contributed by atoms with Gasteiger partial charge >= 0.3 is 11.9 Å². The zero-order valence-electron chi connectivity index (χ0n) is 56.3. The summed E-state index contributed by atoms with van der Waals surface area (Å²) in [6.07, 6.45) is 113. The summed E-state index contributed by atoms with van der Waals surface area (Å²) < 4.78 is 10.8. The number of hydrogen-bond acceptors (Lipinski definition) is 5. The molecule has 1 atom stereocenters. The Hall–Kier alpha value is -4.22. The Balaban J connectivity index is 3.47. The van der Waals surface area contributed by atoms with Crippen molar-refractivity contribution in [3.63, 3.8) is 0 Å². The van der Waals surface area contributed by atoms with E-state index in [0.29, 0.717) is 12.8 Å². The lowest BCUT2D eigenvalue weighted by Crippen LogP contribution is -2.28. The molecule has 1 N–H and O–H groups in total. The SMILES string of the molecule is CC/C=C\C/C=C\C/C=C\C/C=C\C/C=C\C/C=C\C/C=C\CCCCCCCCCCCCCCCCCC(=O)OC(CO)COC(=O)CCCCCCCCCCCCCCCCCCCCC/C=C\C/C=C\C/C=C\C/C=C\C/C=C\CC. The highest BCUT2D eigenvalue weighted by Crippen LogP contribution is 2.18. The molecule has 0 saturated heterocycles. The highest BCUT2D eigenvalue weighted by atomic mass is 16.6. The molecule has 0 spiro atoms. The minimum absolute atomic E-state index is 0.0683. The fourth-order valence-corrected chi connectivity index (χ4v) is 10.3. The molecule has 0 heterocycles. The third-order valence-corrected chi connectivity index (χ3v) is 15.6. The fourth-order valence-electron chi connectivity index (χ4n) is 10.3. The van der Waals surface area contributed by atoms with Crippen LogP contribution < -0.4 is 0 Å². The Morgan fingerprint density at radius 2 is 0.465 bits per heavy atom. The zero-order valence-corrected chi connectivity index (χ0v) is 56.3. The maximum absolute atomic E-state index is 12.4. The van der Waals surface area contributed by atoms with Crippen molar-refractivity contribution in [1.82, 2.24) is 0 Å². The van der Waals surface area contributed by atoms with E-state index in [2.05, 4.69) is 160 Å². The van der Waals surface area contributed by atoms with Crippen molar-refractivity contribution < 1.29 is 24.2 Å². The number of carbonyl (C=O) groups is 2. The van der Waals surface area contributed by atoms with E-state index < -0.39 is 6.10 Å². The van der Waals surface area contributed by atoms with Gasteiger partial charge in [-0.2, -0.15) is 0 Å². The molecule has 5 nitrogen and oxygen atoms in total. The van der Waals surface area contributed by atoms with Crippen LogP contribution in [0.25, 0.3) is 0 Å². The fraction of sp³-hybridized carbons (Fsp3) is 0.679. The van der Waals surface area contributed by atoms with Gasteiger partial charge in [-0.05, 0) is 116 Å². The molecule has 0 saturated carbocycles. The van der Waals surface area contributed by atoms with Gasteiger partial charge in [-0.15, -0.1) is 0 Å². The number of hydrogen-bond donors (Lipinski definition) is 1. The molecular formula is C81H136O5. The van der Waals surface area contributed by atoms with E-state index in [4.69, 9.17) is 9.47 Å². The maximum Gasteiger partial charge on any atom is 0.306 e. The first-order valence-electron chi connectivity index (χ1n) is 36.4. The number of esters is 2. The van der Waals surface area contributed by atoms with Crippen molar-refractivity contribution in [3.8, 4) is 0 Å². The Kier molecular flexibility index (Phi) is 71.3. The summed E-state index contributed by atoms with van der Waals surface area (Å²) in [5.74, 6) is -0.583. The summed E-state index contributed by atoms with van der Waals surface area (Å²) >= 11 is 0. The topological polar surface area (TPSA) is 72.8 Å². The molecule has 86 heavy (non-hydrogen) atoms. The van der Waals surface area contributed by atoms with Crippen LogP contribution in [-0.2, 0) is 19.1 Å². The first kappa shape index (κ1) is 81.8. The summed E-state index contributed by atoms with van der Waals surface area (Å²) in [5.41, 5.74) is 0. The normalized spacial score (nSPS) is 13.1.